The highest BCUT2D eigenvalue weighted by atomic mass is 15.2. The summed E-state index contributed by atoms with van der Waals surface area (Å²) in [5.41, 5.74) is 9.89. The van der Waals surface area contributed by atoms with Gasteiger partial charge in [-0.25, -0.2) is 4.98 Å². The molecule has 1 atom stereocenters. The van der Waals surface area contributed by atoms with Crippen LogP contribution in [0.15, 0.2) is 60.8 Å². The van der Waals surface area contributed by atoms with Gasteiger partial charge in [0.25, 0.3) is 0 Å². The monoisotopic (exact) mass is 331 g/mol. The van der Waals surface area contributed by atoms with Crippen LogP contribution in [0.25, 0.3) is 10.9 Å². The second-order valence-corrected chi connectivity index (χ2v) is 6.31. The minimum Gasteiger partial charge on any atom is -0.361 e. The van der Waals surface area contributed by atoms with Crippen molar-refractivity contribution in [2.24, 2.45) is 5.73 Å². The Morgan fingerprint density at radius 1 is 1.00 bits per heavy atom. The summed E-state index contributed by atoms with van der Waals surface area (Å²) in [5.74, 6) is 1.53. The summed E-state index contributed by atoms with van der Waals surface area (Å²) in [6.07, 6.45) is 4.49. The maximum Gasteiger partial charge on any atom is 0.167 e. The molecule has 2 aromatic carbocycles. The zero-order valence-corrected chi connectivity index (χ0v) is 13.9. The zero-order valence-electron chi connectivity index (χ0n) is 13.9. The minimum atomic E-state index is -0.159. The smallest absolute Gasteiger partial charge is 0.167 e. The predicted molar refractivity (Wildman–Crippen MR) is 99.2 cm³/mol. The average Bonchev–Trinajstić information content (AvgIpc) is 3.29. The number of nitrogens with two attached hydrogens (primary N) is 1. The van der Waals surface area contributed by atoms with E-state index in [-0.39, 0.29) is 6.04 Å². The number of H-pyrrole nitrogens is 2. The number of aromatic nitrogens is 4. The van der Waals surface area contributed by atoms with Crippen LogP contribution in [0.3, 0.4) is 0 Å². The van der Waals surface area contributed by atoms with Crippen LogP contribution in [-0.4, -0.2) is 20.2 Å². The summed E-state index contributed by atoms with van der Waals surface area (Å²) in [7, 11) is 0. The lowest BCUT2D eigenvalue weighted by molar-refractivity contribution is 0.614. The molecule has 0 bridgehead atoms. The number of nitrogens with zero attached hydrogens (tertiary/aromatic N) is 2. The molecule has 5 heteroatoms. The molecule has 0 fully saturated rings. The Morgan fingerprint density at radius 2 is 1.80 bits per heavy atom. The fourth-order valence-corrected chi connectivity index (χ4v) is 3.11. The summed E-state index contributed by atoms with van der Waals surface area (Å²) in [5, 5.41) is 8.57. The van der Waals surface area contributed by atoms with Crippen LogP contribution < -0.4 is 5.73 Å². The van der Waals surface area contributed by atoms with Crippen LogP contribution in [0.4, 0.5) is 0 Å². The Labute approximate surface area is 146 Å². The molecule has 0 saturated carbocycles. The molecule has 2 heterocycles. The molecule has 0 spiro atoms. The van der Waals surface area contributed by atoms with E-state index >= 15 is 0 Å². The maximum absolute atomic E-state index is 6.27. The molecule has 0 amide bonds. The first-order chi connectivity index (χ1) is 12.3. The molecule has 2 aromatic heterocycles. The number of hydrogen-bond acceptors (Lipinski definition) is 3. The van der Waals surface area contributed by atoms with Crippen molar-refractivity contribution >= 4 is 10.9 Å². The van der Waals surface area contributed by atoms with Crippen LogP contribution in [0.1, 0.15) is 35.2 Å². The lowest BCUT2D eigenvalue weighted by atomic mass is 10.1. The average molecular weight is 331 g/mol. The van der Waals surface area contributed by atoms with Crippen molar-refractivity contribution in [3.63, 3.8) is 0 Å². The van der Waals surface area contributed by atoms with Crippen molar-refractivity contribution in [3.8, 4) is 0 Å². The van der Waals surface area contributed by atoms with Crippen molar-refractivity contribution in [3.05, 3.63) is 83.6 Å². The zero-order chi connectivity index (χ0) is 17.1. The number of para-hydroxylation sites is 1. The van der Waals surface area contributed by atoms with E-state index in [1.165, 1.54) is 16.5 Å². The van der Waals surface area contributed by atoms with Gasteiger partial charge in [0.05, 0.1) is 6.04 Å². The highest BCUT2D eigenvalue weighted by Crippen LogP contribution is 2.20. The van der Waals surface area contributed by atoms with Gasteiger partial charge in [-0.3, -0.25) is 5.10 Å². The second kappa shape index (κ2) is 6.91. The Bertz CT molecular complexity index is 954. The van der Waals surface area contributed by atoms with Gasteiger partial charge in [0.1, 0.15) is 5.82 Å². The topological polar surface area (TPSA) is 83.4 Å². The van der Waals surface area contributed by atoms with Gasteiger partial charge in [-0.05, 0) is 30.0 Å². The number of hydrogen-bond donors (Lipinski definition) is 3. The van der Waals surface area contributed by atoms with Crippen LogP contribution in [0, 0.1) is 0 Å². The predicted octanol–water partition coefficient (Wildman–Crippen LogP) is 3.51. The third-order valence-corrected chi connectivity index (χ3v) is 4.50. The summed E-state index contributed by atoms with van der Waals surface area (Å²) >= 11 is 0. The molecule has 0 radical (unpaired) electrons. The fourth-order valence-electron chi connectivity index (χ4n) is 3.11. The molecule has 4 aromatic rings. The van der Waals surface area contributed by atoms with Gasteiger partial charge in [0, 0.05) is 23.5 Å². The lowest BCUT2D eigenvalue weighted by Crippen LogP contribution is -2.13. The summed E-state index contributed by atoms with van der Waals surface area (Å²) in [6.45, 7) is 0. The normalized spacial score (nSPS) is 12.5. The fraction of sp³-hybridized carbons (Fsp3) is 0.200. The van der Waals surface area contributed by atoms with Gasteiger partial charge in [-0.1, -0.05) is 48.5 Å². The van der Waals surface area contributed by atoms with Gasteiger partial charge in [-0.2, -0.15) is 5.10 Å². The number of nitrogens with one attached hydrogen (secondary N) is 2. The molecule has 0 unspecified atom stereocenters. The molecule has 0 aliphatic heterocycles. The van der Waals surface area contributed by atoms with Crippen LogP contribution >= 0.6 is 0 Å². The van der Waals surface area contributed by atoms with Gasteiger partial charge < -0.3 is 10.7 Å². The molecule has 126 valence electrons. The number of aryl methyl sites for hydroxylation is 1. The van der Waals surface area contributed by atoms with E-state index < -0.39 is 0 Å². The van der Waals surface area contributed by atoms with E-state index in [2.05, 4.69) is 44.4 Å². The summed E-state index contributed by atoms with van der Waals surface area (Å²) in [4.78, 5) is 7.89. The highest BCUT2D eigenvalue weighted by molar-refractivity contribution is 5.83. The van der Waals surface area contributed by atoms with Gasteiger partial charge >= 0.3 is 0 Å². The van der Waals surface area contributed by atoms with Crippen molar-refractivity contribution in [2.75, 3.05) is 0 Å². The molecule has 0 aliphatic rings. The number of aromatic amines is 2. The molecule has 4 N–H and O–H groups in total. The Kier molecular flexibility index (Phi) is 4.31. The third kappa shape index (κ3) is 3.46. The van der Waals surface area contributed by atoms with E-state index in [9.17, 15) is 0 Å². The number of benzene rings is 2. The standard InChI is InChI=1S/C20H21N5/c21-17(11-10-14-6-2-1-3-7-14)20-23-19(24-25-20)12-15-13-22-18-9-5-4-8-16(15)18/h1-9,13,17,22H,10-12,21H2,(H,23,24,25)/t17-/m1/s1. The van der Waals surface area contributed by atoms with Crippen molar-refractivity contribution < 1.29 is 0 Å². The minimum absolute atomic E-state index is 0.159. The number of fused-ring (bicyclic) bond motifs is 1. The van der Waals surface area contributed by atoms with Crippen LogP contribution in [0.2, 0.25) is 0 Å². The Morgan fingerprint density at radius 3 is 2.68 bits per heavy atom. The SMILES string of the molecule is N[C@H](CCc1ccccc1)c1n[nH]c(Cc2c[nH]c3ccccc23)n1. The summed E-state index contributed by atoms with van der Waals surface area (Å²) in [6, 6.07) is 18.5. The first-order valence-electron chi connectivity index (χ1n) is 8.55. The number of rotatable bonds is 6. The molecule has 5 nitrogen and oxygen atoms in total. The largest absolute Gasteiger partial charge is 0.361 e. The molecule has 0 aliphatic carbocycles. The molecule has 4 rings (SSSR count). The van der Waals surface area contributed by atoms with Gasteiger partial charge in [0.2, 0.25) is 0 Å². The van der Waals surface area contributed by atoms with E-state index in [0.29, 0.717) is 12.2 Å². The first kappa shape index (κ1) is 15.6. The van der Waals surface area contributed by atoms with Crippen LogP contribution in [0.5, 0.6) is 0 Å². The van der Waals surface area contributed by atoms with Crippen molar-refractivity contribution in [2.45, 2.75) is 25.3 Å². The van der Waals surface area contributed by atoms with Gasteiger partial charge in [-0.15, -0.1) is 0 Å². The van der Waals surface area contributed by atoms with E-state index in [1.54, 1.807) is 0 Å². The molecule has 0 saturated heterocycles. The van der Waals surface area contributed by atoms with E-state index in [4.69, 9.17) is 5.73 Å². The Balaban J connectivity index is 1.43. The quantitative estimate of drug-likeness (QED) is 0.505. The third-order valence-electron chi connectivity index (χ3n) is 4.50. The maximum atomic E-state index is 6.27. The second-order valence-electron chi connectivity index (χ2n) is 6.31. The first-order valence-corrected chi connectivity index (χ1v) is 8.55. The van der Waals surface area contributed by atoms with Crippen molar-refractivity contribution in [1.29, 1.82) is 0 Å². The summed E-state index contributed by atoms with van der Waals surface area (Å²) < 4.78 is 0. The molecular weight excluding hydrogens is 310 g/mol. The van der Waals surface area contributed by atoms with Crippen LogP contribution in [-0.2, 0) is 12.8 Å². The van der Waals surface area contributed by atoms with Crippen molar-refractivity contribution in [1.82, 2.24) is 20.2 Å². The molecule has 25 heavy (non-hydrogen) atoms. The van der Waals surface area contributed by atoms with Gasteiger partial charge in [0.15, 0.2) is 5.82 Å². The van der Waals surface area contributed by atoms with E-state index in [1.807, 2.05) is 36.5 Å². The lowest BCUT2D eigenvalue weighted by Gasteiger charge is -2.07. The van der Waals surface area contributed by atoms with E-state index in [0.717, 1.165) is 24.2 Å². The highest BCUT2D eigenvalue weighted by Gasteiger charge is 2.13. The molecular formula is C20H21N5. The Hall–Kier alpha value is -2.92.